The van der Waals surface area contributed by atoms with E-state index in [4.69, 9.17) is 10.5 Å². The van der Waals surface area contributed by atoms with Crippen molar-refractivity contribution in [3.63, 3.8) is 0 Å². The molecule has 0 spiro atoms. The summed E-state index contributed by atoms with van der Waals surface area (Å²) < 4.78 is 5.81. The van der Waals surface area contributed by atoms with Crippen molar-refractivity contribution in [3.8, 4) is 5.75 Å². The first-order valence-electron chi connectivity index (χ1n) is 6.80. The van der Waals surface area contributed by atoms with Crippen LogP contribution < -0.4 is 10.5 Å². The number of likely N-dealkylation sites (tertiary alicyclic amines) is 1. The summed E-state index contributed by atoms with van der Waals surface area (Å²) in [5, 5.41) is 0. The standard InChI is InChI=1S/C15H20N2O3/c1-10(2)15(19)17-9-12(8-13(17)14(16)18)20-11-6-4-3-5-7-11/h3-7,10,12-13H,8-9H2,1-2H3,(H2,16,18)/t12-,13-/m0/s1. The summed E-state index contributed by atoms with van der Waals surface area (Å²) in [7, 11) is 0. The Kier molecular flexibility index (Phi) is 4.27. The van der Waals surface area contributed by atoms with Crippen LogP contribution in [-0.2, 0) is 9.59 Å². The van der Waals surface area contributed by atoms with Crippen molar-refractivity contribution in [2.24, 2.45) is 11.7 Å². The number of carbonyl (C=O) groups excluding carboxylic acids is 2. The Hall–Kier alpha value is -2.04. The van der Waals surface area contributed by atoms with Gasteiger partial charge in [-0.3, -0.25) is 9.59 Å². The second-order valence-corrected chi connectivity index (χ2v) is 5.35. The Morgan fingerprint density at radius 3 is 2.50 bits per heavy atom. The molecule has 2 amide bonds. The number of carbonyl (C=O) groups is 2. The van der Waals surface area contributed by atoms with E-state index in [1.807, 2.05) is 44.2 Å². The van der Waals surface area contributed by atoms with Gasteiger partial charge in [0.05, 0.1) is 6.54 Å². The number of primary amides is 1. The highest BCUT2D eigenvalue weighted by Gasteiger charge is 2.40. The van der Waals surface area contributed by atoms with Crippen LogP contribution in [-0.4, -0.2) is 35.4 Å². The quantitative estimate of drug-likeness (QED) is 0.897. The van der Waals surface area contributed by atoms with Gasteiger partial charge in [-0.15, -0.1) is 0 Å². The predicted molar refractivity (Wildman–Crippen MR) is 75.0 cm³/mol. The smallest absolute Gasteiger partial charge is 0.240 e. The van der Waals surface area contributed by atoms with E-state index >= 15 is 0 Å². The van der Waals surface area contributed by atoms with E-state index < -0.39 is 11.9 Å². The van der Waals surface area contributed by atoms with Gasteiger partial charge < -0.3 is 15.4 Å². The van der Waals surface area contributed by atoms with Crippen molar-refractivity contribution in [1.29, 1.82) is 0 Å². The molecular formula is C15H20N2O3. The van der Waals surface area contributed by atoms with Gasteiger partial charge in [-0.1, -0.05) is 32.0 Å². The molecule has 0 unspecified atom stereocenters. The van der Waals surface area contributed by atoms with Gasteiger partial charge in [0.2, 0.25) is 11.8 Å². The van der Waals surface area contributed by atoms with Crippen LogP contribution in [0.15, 0.2) is 30.3 Å². The fourth-order valence-corrected chi connectivity index (χ4v) is 2.42. The van der Waals surface area contributed by atoms with E-state index in [0.29, 0.717) is 13.0 Å². The van der Waals surface area contributed by atoms with Crippen molar-refractivity contribution in [2.45, 2.75) is 32.4 Å². The summed E-state index contributed by atoms with van der Waals surface area (Å²) in [5.74, 6) is 0.0398. The Morgan fingerprint density at radius 2 is 1.95 bits per heavy atom. The second kappa shape index (κ2) is 5.94. The van der Waals surface area contributed by atoms with Crippen LogP contribution in [0.3, 0.4) is 0 Å². The van der Waals surface area contributed by atoms with Gasteiger partial charge in [0.15, 0.2) is 0 Å². The lowest BCUT2D eigenvalue weighted by atomic mass is 10.1. The molecule has 1 aromatic rings. The number of rotatable bonds is 4. The predicted octanol–water partition coefficient (Wildman–Crippen LogP) is 1.18. The Balaban J connectivity index is 2.08. The summed E-state index contributed by atoms with van der Waals surface area (Å²) in [5.41, 5.74) is 5.39. The van der Waals surface area contributed by atoms with Crippen molar-refractivity contribution < 1.29 is 14.3 Å². The number of ether oxygens (including phenoxy) is 1. The van der Waals surface area contributed by atoms with Gasteiger partial charge in [-0.25, -0.2) is 0 Å². The topological polar surface area (TPSA) is 72.6 Å². The lowest BCUT2D eigenvalue weighted by Crippen LogP contribution is -2.45. The molecule has 0 radical (unpaired) electrons. The van der Waals surface area contributed by atoms with Crippen molar-refractivity contribution in [3.05, 3.63) is 30.3 Å². The summed E-state index contributed by atoms with van der Waals surface area (Å²) in [4.78, 5) is 25.2. The molecule has 108 valence electrons. The van der Waals surface area contributed by atoms with E-state index in [9.17, 15) is 9.59 Å². The minimum atomic E-state index is -0.571. The first-order valence-corrected chi connectivity index (χ1v) is 6.80. The van der Waals surface area contributed by atoms with E-state index in [-0.39, 0.29) is 17.9 Å². The van der Waals surface area contributed by atoms with E-state index in [1.165, 1.54) is 0 Å². The Morgan fingerprint density at radius 1 is 1.30 bits per heavy atom. The van der Waals surface area contributed by atoms with Crippen LogP contribution in [0, 0.1) is 5.92 Å². The van der Waals surface area contributed by atoms with Crippen LogP contribution in [0.1, 0.15) is 20.3 Å². The maximum absolute atomic E-state index is 12.1. The lowest BCUT2D eigenvalue weighted by molar-refractivity contribution is -0.139. The van der Waals surface area contributed by atoms with E-state index in [2.05, 4.69) is 0 Å². The number of nitrogens with two attached hydrogens (primary N) is 1. The van der Waals surface area contributed by atoms with E-state index in [0.717, 1.165) is 5.75 Å². The molecule has 1 aromatic carbocycles. The number of para-hydroxylation sites is 1. The van der Waals surface area contributed by atoms with Crippen molar-refractivity contribution in [1.82, 2.24) is 4.90 Å². The molecule has 1 aliphatic heterocycles. The average Bonchev–Trinajstić information content (AvgIpc) is 2.83. The van der Waals surface area contributed by atoms with Crippen molar-refractivity contribution >= 4 is 11.8 Å². The molecule has 0 aromatic heterocycles. The minimum absolute atomic E-state index is 0.0621. The fourth-order valence-electron chi connectivity index (χ4n) is 2.42. The minimum Gasteiger partial charge on any atom is -0.488 e. The fraction of sp³-hybridized carbons (Fsp3) is 0.467. The molecule has 1 fully saturated rings. The van der Waals surface area contributed by atoms with Gasteiger partial charge in [0.1, 0.15) is 17.9 Å². The molecule has 0 bridgehead atoms. The van der Waals surface area contributed by atoms with Crippen LogP contribution >= 0.6 is 0 Å². The Bertz CT molecular complexity index is 487. The summed E-state index contributed by atoms with van der Waals surface area (Å²) >= 11 is 0. The number of benzene rings is 1. The molecule has 2 rings (SSSR count). The highest BCUT2D eigenvalue weighted by atomic mass is 16.5. The van der Waals surface area contributed by atoms with Crippen LogP contribution in [0.5, 0.6) is 5.75 Å². The highest BCUT2D eigenvalue weighted by Crippen LogP contribution is 2.24. The molecule has 0 saturated carbocycles. The molecule has 2 atom stereocenters. The largest absolute Gasteiger partial charge is 0.488 e. The number of hydrogen-bond acceptors (Lipinski definition) is 3. The Labute approximate surface area is 118 Å². The van der Waals surface area contributed by atoms with Crippen molar-refractivity contribution in [2.75, 3.05) is 6.54 Å². The third-order valence-electron chi connectivity index (χ3n) is 3.41. The lowest BCUT2D eigenvalue weighted by Gasteiger charge is -2.23. The highest BCUT2D eigenvalue weighted by molar-refractivity contribution is 5.88. The number of hydrogen-bond donors (Lipinski definition) is 1. The molecule has 0 aliphatic carbocycles. The summed E-state index contributed by atoms with van der Waals surface area (Å²) in [6.07, 6.45) is 0.250. The third kappa shape index (κ3) is 3.10. The SMILES string of the molecule is CC(C)C(=O)N1C[C@@H](Oc2ccccc2)C[C@H]1C(N)=O. The first kappa shape index (κ1) is 14.4. The number of amides is 2. The number of nitrogens with zero attached hydrogens (tertiary/aromatic N) is 1. The van der Waals surface area contributed by atoms with Crippen LogP contribution in [0.4, 0.5) is 0 Å². The molecular weight excluding hydrogens is 256 g/mol. The third-order valence-corrected chi connectivity index (χ3v) is 3.41. The van der Waals surface area contributed by atoms with Gasteiger partial charge in [0, 0.05) is 12.3 Å². The van der Waals surface area contributed by atoms with Crippen LogP contribution in [0.25, 0.3) is 0 Å². The maximum Gasteiger partial charge on any atom is 0.240 e. The molecule has 20 heavy (non-hydrogen) atoms. The summed E-state index contributed by atoms with van der Waals surface area (Å²) in [6, 6.07) is 8.80. The van der Waals surface area contributed by atoms with Gasteiger partial charge in [-0.05, 0) is 12.1 Å². The second-order valence-electron chi connectivity index (χ2n) is 5.35. The molecule has 2 N–H and O–H groups in total. The van der Waals surface area contributed by atoms with Gasteiger partial charge in [0.25, 0.3) is 0 Å². The normalized spacial score (nSPS) is 22.1. The zero-order valence-electron chi connectivity index (χ0n) is 11.8. The maximum atomic E-state index is 12.1. The summed E-state index contributed by atoms with van der Waals surface area (Å²) in [6.45, 7) is 4.02. The monoisotopic (exact) mass is 276 g/mol. The molecule has 5 heteroatoms. The molecule has 1 heterocycles. The van der Waals surface area contributed by atoms with Crippen LogP contribution in [0.2, 0.25) is 0 Å². The van der Waals surface area contributed by atoms with E-state index in [1.54, 1.807) is 4.90 Å². The molecule has 1 saturated heterocycles. The first-order chi connectivity index (χ1) is 9.49. The van der Waals surface area contributed by atoms with Gasteiger partial charge in [-0.2, -0.15) is 0 Å². The molecule has 5 nitrogen and oxygen atoms in total. The average molecular weight is 276 g/mol. The zero-order valence-corrected chi connectivity index (χ0v) is 11.8. The molecule has 1 aliphatic rings. The van der Waals surface area contributed by atoms with Gasteiger partial charge >= 0.3 is 0 Å². The zero-order chi connectivity index (χ0) is 14.7.